The maximum Gasteiger partial charge on any atom is 0.318 e. The van der Waals surface area contributed by atoms with Crippen molar-refractivity contribution >= 4 is 11.8 Å². The molecule has 1 atom stereocenters. The van der Waals surface area contributed by atoms with Crippen molar-refractivity contribution in [3.8, 4) is 6.07 Å². The number of carbonyl (C=O) groups excluding carboxylic acids is 2. The molecule has 4 fully saturated rings. The van der Waals surface area contributed by atoms with Gasteiger partial charge in [-0.3, -0.25) is 4.79 Å². The van der Waals surface area contributed by atoms with Gasteiger partial charge >= 0.3 is 6.03 Å². The van der Waals surface area contributed by atoms with Crippen molar-refractivity contribution < 1.29 is 18.4 Å². The molecule has 0 radical (unpaired) electrons. The van der Waals surface area contributed by atoms with Crippen molar-refractivity contribution in [1.82, 2.24) is 15.1 Å². The first-order valence-electron chi connectivity index (χ1n) is 13.9. The second-order valence-electron chi connectivity index (χ2n) is 12.1. The molecule has 0 aromatic heterocycles. The number of urea groups is 1. The predicted molar refractivity (Wildman–Crippen MR) is 136 cm³/mol. The molecule has 5 rings (SSSR count). The van der Waals surface area contributed by atoms with Crippen molar-refractivity contribution in [2.75, 3.05) is 26.2 Å². The number of piperidine rings is 1. The Morgan fingerprint density at radius 2 is 1.78 bits per heavy atom. The molecule has 37 heavy (non-hydrogen) atoms. The molecule has 4 aliphatic rings. The quantitative estimate of drug-likeness (QED) is 0.456. The van der Waals surface area contributed by atoms with Crippen molar-refractivity contribution in [1.29, 1.82) is 5.26 Å². The lowest BCUT2D eigenvalue weighted by Gasteiger charge is -2.54. The van der Waals surface area contributed by atoms with Gasteiger partial charge in [0.2, 0.25) is 0 Å². The summed E-state index contributed by atoms with van der Waals surface area (Å²) in [5, 5.41) is 12.0. The zero-order valence-corrected chi connectivity index (χ0v) is 21.6. The molecule has 2 amide bonds. The molecule has 1 aromatic carbocycles. The lowest BCUT2D eigenvalue weighted by molar-refractivity contribution is -0.124. The van der Waals surface area contributed by atoms with Gasteiger partial charge in [-0.15, -0.1) is 0 Å². The summed E-state index contributed by atoms with van der Waals surface area (Å²) in [4.78, 5) is 30.4. The SMILES string of the molecule is N#CC1(CCCC(=O)[C@H](CC(F)(F)Cc2ccccc2)NC(=O)N2CC3(CCN(C4CC4)CC3)C2)CC1. The molecule has 2 aliphatic carbocycles. The van der Waals surface area contributed by atoms with E-state index < -0.39 is 30.8 Å². The van der Waals surface area contributed by atoms with Gasteiger partial charge in [-0.05, 0) is 70.0 Å². The Morgan fingerprint density at radius 3 is 2.38 bits per heavy atom. The molecule has 2 saturated carbocycles. The Labute approximate surface area is 218 Å². The maximum absolute atomic E-state index is 15.1. The van der Waals surface area contributed by atoms with Crippen LogP contribution >= 0.6 is 0 Å². The lowest BCUT2D eigenvalue weighted by Crippen LogP contribution is -2.65. The number of hydrogen-bond donors (Lipinski definition) is 1. The normalized spacial score (nSPS) is 23.1. The second-order valence-corrected chi connectivity index (χ2v) is 12.1. The molecular weight excluding hydrogens is 474 g/mol. The fourth-order valence-electron chi connectivity index (χ4n) is 6.12. The fourth-order valence-corrected chi connectivity index (χ4v) is 6.12. The molecule has 2 saturated heterocycles. The van der Waals surface area contributed by atoms with E-state index in [-0.39, 0.29) is 23.0 Å². The number of likely N-dealkylation sites (tertiary alicyclic amines) is 2. The third-order valence-corrected chi connectivity index (χ3v) is 8.93. The fraction of sp³-hybridized carbons (Fsp3) is 0.690. The third-order valence-electron chi connectivity index (χ3n) is 8.93. The van der Waals surface area contributed by atoms with E-state index in [4.69, 9.17) is 0 Å². The van der Waals surface area contributed by atoms with Crippen LogP contribution < -0.4 is 5.32 Å². The summed E-state index contributed by atoms with van der Waals surface area (Å²) in [6, 6.07) is 9.91. The number of halogens is 2. The number of amides is 2. The summed E-state index contributed by atoms with van der Waals surface area (Å²) >= 11 is 0. The van der Waals surface area contributed by atoms with Gasteiger partial charge in [0.25, 0.3) is 5.92 Å². The summed E-state index contributed by atoms with van der Waals surface area (Å²) in [5.74, 6) is -3.51. The van der Waals surface area contributed by atoms with Gasteiger partial charge in [0.1, 0.15) is 0 Å². The van der Waals surface area contributed by atoms with Crippen LogP contribution in [0.1, 0.15) is 69.8 Å². The highest BCUT2D eigenvalue weighted by molar-refractivity contribution is 5.89. The van der Waals surface area contributed by atoms with Crippen LogP contribution in [0.5, 0.6) is 0 Å². The first-order chi connectivity index (χ1) is 17.7. The molecule has 0 unspecified atom stereocenters. The number of Topliss-reactive ketones (excluding diaryl/α,β-unsaturated/α-hetero) is 1. The molecule has 1 N–H and O–H groups in total. The topological polar surface area (TPSA) is 76.4 Å². The highest BCUT2D eigenvalue weighted by Gasteiger charge is 2.49. The van der Waals surface area contributed by atoms with Crippen LogP contribution in [-0.2, 0) is 11.2 Å². The molecule has 2 heterocycles. The van der Waals surface area contributed by atoms with Crippen LogP contribution in [0.3, 0.4) is 0 Å². The standard InChI is InChI=1S/C29H38F2N4O2/c30-29(31,17-22-5-2-1-3-6-22)18-24(25(36)7-4-10-27(19-32)11-12-27)33-26(37)35-20-28(21-35)13-15-34(16-14-28)23-8-9-23/h1-3,5-6,23-24H,4,7-18,20-21H2,(H,33,37)/t24-/m0/s1. The van der Waals surface area contributed by atoms with Crippen molar-refractivity contribution in [3.63, 3.8) is 0 Å². The number of hydrogen-bond acceptors (Lipinski definition) is 4. The van der Waals surface area contributed by atoms with Crippen LogP contribution in [0, 0.1) is 22.2 Å². The Balaban J connectivity index is 1.17. The zero-order chi connectivity index (χ0) is 26.1. The number of nitrogens with one attached hydrogen (secondary N) is 1. The van der Waals surface area contributed by atoms with E-state index in [2.05, 4.69) is 16.3 Å². The Bertz CT molecular complexity index is 1020. The number of ketones is 1. The highest BCUT2D eigenvalue weighted by atomic mass is 19.3. The molecule has 6 nitrogen and oxygen atoms in total. The van der Waals surface area contributed by atoms with Gasteiger partial charge in [0.05, 0.1) is 17.5 Å². The Morgan fingerprint density at radius 1 is 1.11 bits per heavy atom. The molecule has 1 spiro atoms. The van der Waals surface area contributed by atoms with Gasteiger partial charge in [-0.2, -0.15) is 5.26 Å². The summed E-state index contributed by atoms with van der Waals surface area (Å²) < 4.78 is 30.1. The van der Waals surface area contributed by atoms with Crippen LogP contribution in [-0.4, -0.2) is 65.8 Å². The monoisotopic (exact) mass is 512 g/mol. The average molecular weight is 513 g/mol. The van der Waals surface area contributed by atoms with E-state index in [9.17, 15) is 14.9 Å². The van der Waals surface area contributed by atoms with E-state index in [1.54, 1.807) is 35.2 Å². The Hall–Kier alpha value is -2.53. The minimum absolute atomic E-state index is 0.0940. The third kappa shape index (κ3) is 6.49. The number of benzene rings is 1. The largest absolute Gasteiger partial charge is 0.328 e. The molecular formula is C29H38F2N4O2. The number of alkyl halides is 2. The van der Waals surface area contributed by atoms with Gasteiger partial charge in [0.15, 0.2) is 5.78 Å². The van der Waals surface area contributed by atoms with E-state index in [1.807, 2.05) is 0 Å². The number of nitrogens with zero attached hydrogens (tertiary/aromatic N) is 3. The molecule has 2 aliphatic heterocycles. The van der Waals surface area contributed by atoms with Crippen LogP contribution in [0.15, 0.2) is 30.3 Å². The van der Waals surface area contributed by atoms with Crippen molar-refractivity contribution in [2.24, 2.45) is 10.8 Å². The second kappa shape index (κ2) is 10.3. The van der Waals surface area contributed by atoms with Gasteiger partial charge < -0.3 is 15.1 Å². The molecule has 1 aromatic rings. The van der Waals surface area contributed by atoms with Crippen LogP contribution in [0.2, 0.25) is 0 Å². The van der Waals surface area contributed by atoms with Gasteiger partial charge in [-0.25, -0.2) is 13.6 Å². The number of nitriles is 1. The van der Waals surface area contributed by atoms with Crippen LogP contribution in [0.25, 0.3) is 0 Å². The lowest BCUT2D eigenvalue weighted by atomic mass is 9.72. The van der Waals surface area contributed by atoms with Crippen molar-refractivity contribution in [2.45, 2.75) is 88.6 Å². The first-order valence-corrected chi connectivity index (χ1v) is 13.9. The van der Waals surface area contributed by atoms with Crippen molar-refractivity contribution in [3.05, 3.63) is 35.9 Å². The summed E-state index contributed by atoms with van der Waals surface area (Å²) in [6.07, 6.45) is 6.36. The predicted octanol–water partition coefficient (Wildman–Crippen LogP) is 4.94. The molecule has 8 heteroatoms. The summed E-state index contributed by atoms with van der Waals surface area (Å²) in [5.41, 5.74) is 0.295. The minimum atomic E-state index is -3.13. The Kier molecular flexibility index (Phi) is 7.28. The maximum atomic E-state index is 15.1. The van der Waals surface area contributed by atoms with Gasteiger partial charge in [-0.1, -0.05) is 30.3 Å². The zero-order valence-electron chi connectivity index (χ0n) is 21.6. The average Bonchev–Trinajstić information content (AvgIpc) is 3.78. The van der Waals surface area contributed by atoms with E-state index in [1.165, 1.54) is 12.8 Å². The molecule has 0 bridgehead atoms. The van der Waals surface area contributed by atoms with Gasteiger partial charge in [0, 0.05) is 43.8 Å². The number of carbonyl (C=O) groups is 2. The van der Waals surface area contributed by atoms with E-state index in [0.29, 0.717) is 31.5 Å². The smallest absolute Gasteiger partial charge is 0.318 e. The minimum Gasteiger partial charge on any atom is -0.328 e. The first kappa shape index (κ1) is 26.1. The highest BCUT2D eigenvalue weighted by Crippen LogP contribution is 2.49. The molecule has 200 valence electrons. The van der Waals surface area contributed by atoms with E-state index >= 15 is 8.78 Å². The number of rotatable bonds is 11. The van der Waals surface area contributed by atoms with Crippen LogP contribution in [0.4, 0.5) is 13.6 Å². The summed E-state index contributed by atoms with van der Waals surface area (Å²) in [7, 11) is 0. The van der Waals surface area contributed by atoms with E-state index in [0.717, 1.165) is 44.8 Å². The summed E-state index contributed by atoms with van der Waals surface area (Å²) in [6.45, 7) is 3.39.